The van der Waals surface area contributed by atoms with Gasteiger partial charge in [0.15, 0.2) is 0 Å². The molecule has 0 heterocycles. The van der Waals surface area contributed by atoms with Crippen molar-refractivity contribution >= 4 is 28.6 Å². The Bertz CT molecular complexity index is 374. The van der Waals surface area contributed by atoms with Crippen molar-refractivity contribution in [3.05, 3.63) is 40.0 Å². The first-order chi connectivity index (χ1) is 7.74. The molecule has 1 aromatic rings. The number of rotatable bonds is 5. The smallest absolute Gasteiger partial charge is 0.330 e. The van der Waals surface area contributed by atoms with Gasteiger partial charge in [-0.2, -0.15) is 0 Å². The average molecular weight is 332 g/mol. The molecule has 1 aromatic carbocycles. The van der Waals surface area contributed by atoms with Crippen LogP contribution < -0.4 is 4.74 Å². The van der Waals surface area contributed by atoms with Crippen molar-refractivity contribution < 1.29 is 14.3 Å². The molecule has 0 bridgehead atoms. The van der Waals surface area contributed by atoms with Gasteiger partial charge in [0, 0.05) is 6.08 Å². The molecule has 3 nitrogen and oxygen atoms in total. The van der Waals surface area contributed by atoms with Gasteiger partial charge in [0.2, 0.25) is 0 Å². The fraction of sp³-hybridized carbons (Fsp3) is 0.250. The normalized spacial score (nSPS) is 10.4. The number of carbonyl (C=O) groups excluding carboxylic acids is 1. The number of ether oxygens (including phenoxy) is 2. The maximum Gasteiger partial charge on any atom is 0.330 e. The number of benzene rings is 1. The highest BCUT2D eigenvalue weighted by Crippen LogP contribution is 2.19. The third kappa shape index (κ3) is 4.65. The van der Waals surface area contributed by atoms with Gasteiger partial charge < -0.3 is 9.47 Å². The largest absolute Gasteiger partial charge is 0.488 e. The minimum Gasteiger partial charge on any atom is -0.488 e. The Hall–Kier alpha value is -1.04. The van der Waals surface area contributed by atoms with Crippen LogP contribution in [-0.4, -0.2) is 19.2 Å². The van der Waals surface area contributed by atoms with Crippen LogP contribution >= 0.6 is 22.6 Å². The van der Waals surface area contributed by atoms with E-state index in [4.69, 9.17) is 9.47 Å². The molecule has 0 unspecified atom stereocenters. The maximum atomic E-state index is 11.0. The van der Waals surface area contributed by atoms with E-state index in [0.29, 0.717) is 13.2 Å². The monoisotopic (exact) mass is 332 g/mol. The molecule has 0 aliphatic carbocycles. The summed E-state index contributed by atoms with van der Waals surface area (Å²) < 4.78 is 11.2. The average Bonchev–Trinajstić information content (AvgIpc) is 2.27. The van der Waals surface area contributed by atoms with Gasteiger partial charge in [0.05, 0.1) is 10.2 Å². The lowest BCUT2D eigenvalue weighted by atomic mass is 10.3. The number of para-hydroxylation sites is 1. The molecule has 0 saturated heterocycles. The fourth-order valence-corrected chi connectivity index (χ4v) is 1.58. The zero-order chi connectivity index (χ0) is 11.8. The van der Waals surface area contributed by atoms with Gasteiger partial charge in [-0.15, -0.1) is 0 Å². The molecule has 0 fully saturated rings. The van der Waals surface area contributed by atoms with Crippen LogP contribution in [0.15, 0.2) is 36.4 Å². The van der Waals surface area contributed by atoms with Gasteiger partial charge in [-0.3, -0.25) is 0 Å². The Labute approximate surface area is 109 Å². The summed E-state index contributed by atoms with van der Waals surface area (Å²) in [5.41, 5.74) is 0. The predicted molar refractivity (Wildman–Crippen MR) is 70.4 cm³/mol. The Morgan fingerprint density at radius 1 is 1.44 bits per heavy atom. The van der Waals surface area contributed by atoms with Crippen LogP contribution in [0.5, 0.6) is 5.75 Å². The molecule has 0 aliphatic heterocycles. The number of hydrogen-bond acceptors (Lipinski definition) is 3. The second kappa shape index (κ2) is 7.27. The van der Waals surface area contributed by atoms with Gasteiger partial charge in [0.1, 0.15) is 12.4 Å². The maximum absolute atomic E-state index is 11.0. The Kier molecular flexibility index (Phi) is 5.92. The molecule has 0 amide bonds. The van der Waals surface area contributed by atoms with Gasteiger partial charge in [-0.05, 0) is 47.7 Å². The molecule has 1 rings (SSSR count). The number of carbonyl (C=O) groups is 1. The molecular formula is C12H13IO3. The van der Waals surface area contributed by atoms with E-state index >= 15 is 0 Å². The zero-order valence-corrected chi connectivity index (χ0v) is 11.1. The van der Waals surface area contributed by atoms with E-state index in [-0.39, 0.29) is 5.97 Å². The highest BCUT2D eigenvalue weighted by Gasteiger charge is 1.97. The van der Waals surface area contributed by atoms with Crippen molar-refractivity contribution in [1.82, 2.24) is 0 Å². The first kappa shape index (κ1) is 13.0. The van der Waals surface area contributed by atoms with Crippen LogP contribution in [0.25, 0.3) is 0 Å². The van der Waals surface area contributed by atoms with Gasteiger partial charge >= 0.3 is 5.97 Å². The molecule has 0 spiro atoms. The van der Waals surface area contributed by atoms with Gasteiger partial charge in [0.25, 0.3) is 0 Å². The summed E-state index contributed by atoms with van der Waals surface area (Å²) in [5, 5.41) is 0. The highest BCUT2D eigenvalue weighted by atomic mass is 127. The van der Waals surface area contributed by atoms with Crippen molar-refractivity contribution in [3.63, 3.8) is 0 Å². The van der Waals surface area contributed by atoms with Gasteiger partial charge in [-0.1, -0.05) is 12.1 Å². The second-order valence-electron chi connectivity index (χ2n) is 2.90. The van der Waals surface area contributed by atoms with Crippen molar-refractivity contribution in [3.8, 4) is 5.75 Å². The van der Waals surface area contributed by atoms with Crippen molar-refractivity contribution in [2.75, 3.05) is 13.2 Å². The first-order valence-corrected chi connectivity index (χ1v) is 6.02. The second-order valence-corrected chi connectivity index (χ2v) is 4.06. The van der Waals surface area contributed by atoms with Crippen LogP contribution in [0.1, 0.15) is 6.92 Å². The van der Waals surface area contributed by atoms with Crippen molar-refractivity contribution in [2.24, 2.45) is 0 Å². The number of esters is 1. The fourth-order valence-electron chi connectivity index (χ4n) is 1.03. The Balaban J connectivity index is 2.36. The molecule has 0 N–H and O–H groups in total. The topological polar surface area (TPSA) is 35.5 Å². The lowest BCUT2D eigenvalue weighted by Crippen LogP contribution is -2.01. The zero-order valence-electron chi connectivity index (χ0n) is 8.98. The lowest BCUT2D eigenvalue weighted by Gasteiger charge is -2.04. The summed E-state index contributed by atoms with van der Waals surface area (Å²) in [6, 6.07) is 7.71. The van der Waals surface area contributed by atoms with E-state index in [9.17, 15) is 4.79 Å². The molecule has 86 valence electrons. The van der Waals surface area contributed by atoms with Crippen molar-refractivity contribution in [2.45, 2.75) is 6.92 Å². The molecule has 0 saturated carbocycles. The molecule has 16 heavy (non-hydrogen) atoms. The van der Waals surface area contributed by atoms with Crippen LogP contribution in [0.4, 0.5) is 0 Å². The van der Waals surface area contributed by atoms with E-state index in [1.54, 1.807) is 13.0 Å². The third-order valence-electron chi connectivity index (χ3n) is 1.71. The summed E-state index contributed by atoms with van der Waals surface area (Å²) in [7, 11) is 0. The van der Waals surface area contributed by atoms with Crippen molar-refractivity contribution in [1.29, 1.82) is 0 Å². The summed E-state index contributed by atoms with van der Waals surface area (Å²) >= 11 is 2.20. The van der Waals surface area contributed by atoms with E-state index in [2.05, 4.69) is 22.6 Å². The predicted octanol–water partition coefficient (Wildman–Crippen LogP) is 2.79. The Morgan fingerprint density at radius 2 is 2.19 bits per heavy atom. The molecule has 0 atom stereocenters. The van der Waals surface area contributed by atoms with Gasteiger partial charge in [-0.25, -0.2) is 4.79 Å². The molecule has 0 radical (unpaired) electrons. The van der Waals surface area contributed by atoms with Crippen LogP contribution in [-0.2, 0) is 9.53 Å². The Morgan fingerprint density at radius 3 is 2.88 bits per heavy atom. The highest BCUT2D eigenvalue weighted by molar-refractivity contribution is 14.1. The number of hydrogen-bond donors (Lipinski definition) is 0. The van der Waals surface area contributed by atoms with Crippen LogP contribution in [0, 0.1) is 3.57 Å². The first-order valence-electron chi connectivity index (χ1n) is 4.94. The summed E-state index contributed by atoms with van der Waals surface area (Å²) in [6.07, 6.45) is 3.01. The SMILES string of the molecule is CCOC(=O)/C=C/COc1ccccc1I. The van der Waals surface area contributed by atoms with E-state index in [1.165, 1.54) is 6.08 Å². The number of halogens is 1. The van der Waals surface area contributed by atoms with Crippen LogP contribution in [0.2, 0.25) is 0 Å². The van der Waals surface area contributed by atoms with Crippen LogP contribution in [0.3, 0.4) is 0 Å². The quantitative estimate of drug-likeness (QED) is 0.473. The molecular weight excluding hydrogens is 319 g/mol. The minimum absolute atomic E-state index is 0.339. The molecule has 0 aromatic heterocycles. The summed E-state index contributed by atoms with van der Waals surface area (Å²) in [5.74, 6) is 0.477. The lowest BCUT2D eigenvalue weighted by molar-refractivity contribution is -0.137. The standard InChI is InChI=1S/C12H13IO3/c1-2-15-12(14)8-5-9-16-11-7-4-3-6-10(11)13/h3-8H,2,9H2,1H3/b8-5+. The van der Waals surface area contributed by atoms with E-state index in [1.807, 2.05) is 24.3 Å². The minimum atomic E-state index is -0.339. The summed E-state index contributed by atoms with van der Waals surface area (Å²) in [6.45, 7) is 2.52. The van der Waals surface area contributed by atoms with E-state index < -0.39 is 0 Å². The van der Waals surface area contributed by atoms with E-state index in [0.717, 1.165) is 9.32 Å². The molecule has 4 heteroatoms. The third-order valence-corrected chi connectivity index (χ3v) is 2.60. The summed E-state index contributed by atoms with van der Waals surface area (Å²) in [4.78, 5) is 11.0. The molecule has 0 aliphatic rings.